The summed E-state index contributed by atoms with van der Waals surface area (Å²) in [6.07, 6.45) is 0.809. The smallest absolute Gasteiger partial charge is 0.325 e. The lowest BCUT2D eigenvalue weighted by molar-refractivity contribution is -0.139. The van der Waals surface area contributed by atoms with Crippen molar-refractivity contribution in [2.75, 3.05) is 25.1 Å². The summed E-state index contributed by atoms with van der Waals surface area (Å²) < 4.78 is 4.42. The Morgan fingerprint density at radius 3 is 2.77 bits per heavy atom. The molecule has 1 heterocycles. The van der Waals surface area contributed by atoms with Crippen LogP contribution >= 0.6 is 0 Å². The highest BCUT2D eigenvalue weighted by Crippen LogP contribution is 2.27. The third-order valence-corrected chi connectivity index (χ3v) is 3.49. The summed E-state index contributed by atoms with van der Waals surface area (Å²) >= 11 is 0. The molecule has 1 aromatic carbocycles. The van der Waals surface area contributed by atoms with E-state index in [1.807, 2.05) is 24.3 Å². The van der Waals surface area contributed by atoms with Gasteiger partial charge in [0.05, 0.1) is 7.11 Å². The third kappa shape index (κ3) is 3.55. The Balaban J connectivity index is 1.90. The number of para-hydroxylation sites is 1. The molecule has 7 nitrogen and oxygen atoms in total. The van der Waals surface area contributed by atoms with Crippen LogP contribution in [0, 0.1) is 0 Å². The van der Waals surface area contributed by atoms with Crippen LogP contribution in [0.5, 0.6) is 0 Å². The number of carbonyl (C=O) groups excluding carboxylic acids is 3. The summed E-state index contributed by atoms with van der Waals surface area (Å²) in [5, 5.41) is 4.85. The van der Waals surface area contributed by atoms with Gasteiger partial charge in [0, 0.05) is 12.2 Å². The number of methoxy groups -OCH3 is 1. The minimum Gasteiger partial charge on any atom is -0.468 e. The lowest BCUT2D eigenvalue weighted by Crippen LogP contribution is -2.50. The topological polar surface area (TPSA) is 87.7 Å². The van der Waals surface area contributed by atoms with Crippen LogP contribution in [0.1, 0.15) is 12.5 Å². The van der Waals surface area contributed by atoms with Gasteiger partial charge in [0.25, 0.3) is 0 Å². The molecule has 0 bridgehead atoms. The standard InChI is InChI=1S/C15H19N3O4/c1-10(17-15(21)16-9-13(19)22-2)14(20)18-8-7-11-5-3-4-6-12(11)18/h3-6,10H,7-9H2,1-2H3,(H2,16,17,21)/t10-/m1/s1. The van der Waals surface area contributed by atoms with E-state index < -0.39 is 18.0 Å². The minimum atomic E-state index is -0.691. The van der Waals surface area contributed by atoms with Crippen LogP contribution in [0.15, 0.2) is 24.3 Å². The maximum Gasteiger partial charge on any atom is 0.325 e. The summed E-state index contributed by atoms with van der Waals surface area (Å²) in [6, 6.07) is 6.43. The molecule has 0 spiro atoms. The van der Waals surface area contributed by atoms with Gasteiger partial charge >= 0.3 is 12.0 Å². The molecule has 1 aliphatic heterocycles. The number of anilines is 1. The van der Waals surface area contributed by atoms with Gasteiger partial charge in [0.2, 0.25) is 5.91 Å². The van der Waals surface area contributed by atoms with Gasteiger partial charge in [-0.1, -0.05) is 18.2 Å². The van der Waals surface area contributed by atoms with E-state index in [0.717, 1.165) is 17.7 Å². The molecule has 7 heteroatoms. The van der Waals surface area contributed by atoms with Crippen molar-refractivity contribution >= 4 is 23.6 Å². The van der Waals surface area contributed by atoms with Crippen LogP contribution in [-0.2, 0) is 20.7 Å². The second kappa shape index (κ2) is 6.93. The van der Waals surface area contributed by atoms with Crippen molar-refractivity contribution in [2.45, 2.75) is 19.4 Å². The Labute approximate surface area is 128 Å². The van der Waals surface area contributed by atoms with Gasteiger partial charge in [-0.3, -0.25) is 9.59 Å². The molecule has 22 heavy (non-hydrogen) atoms. The zero-order valence-electron chi connectivity index (χ0n) is 12.6. The van der Waals surface area contributed by atoms with Crippen LogP contribution in [0.25, 0.3) is 0 Å². The second-order valence-corrected chi connectivity index (χ2v) is 4.99. The SMILES string of the molecule is COC(=O)CNC(=O)N[C@H](C)C(=O)N1CCc2ccccc21. The van der Waals surface area contributed by atoms with Crippen molar-refractivity contribution in [1.82, 2.24) is 10.6 Å². The number of benzene rings is 1. The van der Waals surface area contributed by atoms with Crippen molar-refractivity contribution in [3.63, 3.8) is 0 Å². The Hall–Kier alpha value is -2.57. The maximum atomic E-state index is 12.4. The predicted molar refractivity (Wildman–Crippen MR) is 80.5 cm³/mol. The van der Waals surface area contributed by atoms with Crippen molar-refractivity contribution in [2.24, 2.45) is 0 Å². The first-order chi connectivity index (χ1) is 10.5. The summed E-state index contributed by atoms with van der Waals surface area (Å²) in [4.78, 5) is 36.7. The summed E-state index contributed by atoms with van der Waals surface area (Å²) in [5.74, 6) is -0.735. The van der Waals surface area contributed by atoms with Gasteiger partial charge in [0.15, 0.2) is 0 Å². The summed E-state index contributed by atoms with van der Waals surface area (Å²) in [5.41, 5.74) is 2.01. The van der Waals surface area contributed by atoms with E-state index in [4.69, 9.17) is 0 Å². The van der Waals surface area contributed by atoms with E-state index in [1.165, 1.54) is 7.11 Å². The zero-order valence-corrected chi connectivity index (χ0v) is 12.6. The third-order valence-electron chi connectivity index (χ3n) is 3.49. The van der Waals surface area contributed by atoms with E-state index in [1.54, 1.807) is 11.8 Å². The highest BCUT2D eigenvalue weighted by molar-refractivity contribution is 6.00. The molecule has 0 fully saturated rings. The van der Waals surface area contributed by atoms with Crippen molar-refractivity contribution < 1.29 is 19.1 Å². The molecule has 1 atom stereocenters. The molecule has 118 valence electrons. The minimum absolute atomic E-state index is 0.182. The molecular weight excluding hydrogens is 286 g/mol. The number of esters is 1. The molecule has 2 rings (SSSR count). The predicted octanol–water partition coefficient (Wildman–Crippen LogP) is 0.436. The Morgan fingerprint density at radius 1 is 1.32 bits per heavy atom. The molecule has 0 saturated carbocycles. The van der Waals surface area contributed by atoms with Gasteiger partial charge in [-0.2, -0.15) is 0 Å². The quantitative estimate of drug-likeness (QED) is 0.790. The number of fused-ring (bicyclic) bond motifs is 1. The number of nitrogens with one attached hydrogen (secondary N) is 2. The molecule has 0 aromatic heterocycles. The first-order valence-electron chi connectivity index (χ1n) is 7.03. The van der Waals surface area contributed by atoms with Crippen LogP contribution in [0.2, 0.25) is 0 Å². The summed E-state index contributed by atoms with van der Waals surface area (Å²) in [6.45, 7) is 1.98. The lowest BCUT2D eigenvalue weighted by Gasteiger charge is -2.22. The van der Waals surface area contributed by atoms with Gasteiger partial charge in [-0.15, -0.1) is 0 Å². The molecule has 0 aliphatic carbocycles. The van der Waals surface area contributed by atoms with Crippen molar-refractivity contribution in [3.05, 3.63) is 29.8 Å². The average Bonchev–Trinajstić information content (AvgIpc) is 2.95. The fraction of sp³-hybridized carbons (Fsp3) is 0.400. The fourth-order valence-corrected chi connectivity index (χ4v) is 2.33. The second-order valence-electron chi connectivity index (χ2n) is 4.99. The zero-order chi connectivity index (χ0) is 16.1. The Kier molecular flexibility index (Phi) is 4.98. The van der Waals surface area contributed by atoms with E-state index in [0.29, 0.717) is 6.54 Å². The van der Waals surface area contributed by atoms with E-state index in [9.17, 15) is 14.4 Å². The molecular formula is C15H19N3O4. The normalized spacial score (nSPS) is 14.0. The number of rotatable bonds is 4. The van der Waals surface area contributed by atoms with Crippen molar-refractivity contribution in [3.8, 4) is 0 Å². The molecule has 0 unspecified atom stereocenters. The first kappa shape index (κ1) is 15.8. The Morgan fingerprint density at radius 2 is 2.05 bits per heavy atom. The molecule has 0 saturated heterocycles. The Bertz CT molecular complexity index is 588. The van der Waals surface area contributed by atoms with Gasteiger partial charge in [-0.25, -0.2) is 4.79 Å². The van der Waals surface area contributed by atoms with E-state index in [2.05, 4.69) is 15.4 Å². The molecule has 0 radical (unpaired) electrons. The van der Waals surface area contributed by atoms with Crippen LogP contribution in [0.4, 0.5) is 10.5 Å². The number of hydrogen-bond donors (Lipinski definition) is 2. The average molecular weight is 305 g/mol. The highest BCUT2D eigenvalue weighted by Gasteiger charge is 2.28. The van der Waals surface area contributed by atoms with Crippen molar-refractivity contribution in [1.29, 1.82) is 0 Å². The molecule has 3 amide bonds. The van der Waals surface area contributed by atoms with Gasteiger partial charge in [0.1, 0.15) is 12.6 Å². The first-order valence-corrected chi connectivity index (χ1v) is 7.03. The maximum absolute atomic E-state index is 12.4. The number of ether oxygens (including phenoxy) is 1. The van der Waals surface area contributed by atoms with Gasteiger partial charge in [-0.05, 0) is 25.0 Å². The summed E-state index contributed by atoms with van der Waals surface area (Å²) in [7, 11) is 1.24. The van der Waals surface area contributed by atoms with Crippen LogP contribution in [0.3, 0.4) is 0 Å². The number of urea groups is 1. The van der Waals surface area contributed by atoms with Crippen LogP contribution in [-0.4, -0.2) is 44.1 Å². The van der Waals surface area contributed by atoms with E-state index in [-0.39, 0.29) is 12.5 Å². The number of amides is 3. The number of carbonyl (C=O) groups is 3. The molecule has 1 aromatic rings. The number of nitrogens with zero attached hydrogens (tertiary/aromatic N) is 1. The monoisotopic (exact) mass is 305 g/mol. The molecule has 2 N–H and O–H groups in total. The van der Waals surface area contributed by atoms with Crippen LogP contribution < -0.4 is 15.5 Å². The highest BCUT2D eigenvalue weighted by atomic mass is 16.5. The lowest BCUT2D eigenvalue weighted by atomic mass is 10.2. The fourth-order valence-electron chi connectivity index (χ4n) is 2.33. The van der Waals surface area contributed by atoms with E-state index >= 15 is 0 Å². The number of hydrogen-bond acceptors (Lipinski definition) is 4. The molecule has 1 aliphatic rings. The van der Waals surface area contributed by atoms with Gasteiger partial charge < -0.3 is 20.3 Å². The largest absolute Gasteiger partial charge is 0.468 e.